The van der Waals surface area contributed by atoms with Crippen LogP contribution in [0.15, 0.2) is 24.3 Å². The molecule has 0 amide bonds. The smallest absolute Gasteiger partial charge is 0.320 e. The van der Waals surface area contributed by atoms with Crippen LogP contribution in [0.3, 0.4) is 0 Å². The van der Waals surface area contributed by atoms with E-state index in [2.05, 4.69) is 5.32 Å². The number of anilines is 1. The predicted molar refractivity (Wildman–Crippen MR) is 69.6 cm³/mol. The van der Waals surface area contributed by atoms with Crippen LogP contribution in [0.4, 0.5) is 5.69 Å². The summed E-state index contributed by atoms with van der Waals surface area (Å²) >= 11 is 5.58. The summed E-state index contributed by atoms with van der Waals surface area (Å²) in [5, 5.41) is 11.9. The predicted octanol–water partition coefficient (Wildman–Crippen LogP) is 1.68. The van der Waals surface area contributed by atoms with Crippen LogP contribution >= 0.6 is 11.6 Å². The number of carboxylic acids is 1. The van der Waals surface area contributed by atoms with Crippen LogP contribution in [0.25, 0.3) is 0 Å². The lowest BCUT2D eigenvalue weighted by Gasteiger charge is -2.09. The number of aliphatic carboxylic acids is 1. The maximum atomic E-state index is 10.6. The minimum absolute atomic E-state index is 0.334. The van der Waals surface area contributed by atoms with Crippen molar-refractivity contribution in [3.05, 3.63) is 29.8 Å². The summed E-state index contributed by atoms with van der Waals surface area (Å²) < 4.78 is 0. The first-order valence-corrected chi connectivity index (χ1v) is 6.04. The summed E-state index contributed by atoms with van der Waals surface area (Å²) in [7, 11) is 0. The Kier molecular flexibility index (Phi) is 5.80. The summed E-state index contributed by atoms with van der Waals surface area (Å²) in [5.74, 6) is -0.359. The molecule has 0 aliphatic rings. The highest BCUT2D eigenvalue weighted by atomic mass is 35.5. The number of carbonyl (C=O) groups is 1. The van der Waals surface area contributed by atoms with Gasteiger partial charge in [-0.25, -0.2) is 0 Å². The lowest BCUT2D eigenvalue weighted by atomic mass is 10.1. The molecule has 0 saturated heterocycles. The molecule has 0 bridgehead atoms. The summed E-state index contributed by atoms with van der Waals surface area (Å²) in [5.41, 5.74) is 7.36. The molecule has 0 radical (unpaired) electrons. The van der Waals surface area contributed by atoms with E-state index in [9.17, 15) is 4.79 Å². The van der Waals surface area contributed by atoms with Crippen LogP contribution in [0.5, 0.6) is 0 Å². The number of nitrogens with two attached hydrogens (primary N) is 1. The van der Waals surface area contributed by atoms with Crippen LogP contribution in [0.1, 0.15) is 12.0 Å². The van der Waals surface area contributed by atoms with Crippen molar-refractivity contribution >= 4 is 23.3 Å². The minimum Gasteiger partial charge on any atom is -0.480 e. The topological polar surface area (TPSA) is 75.3 Å². The first-order valence-electron chi connectivity index (χ1n) is 5.50. The van der Waals surface area contributed by atoms with Crippen molar-refractivity contribution in [3.8, 4) is 0 Å². The van der Waals surface area contributed by atoms with Crippen LogP contribution in [0, 0.1) is 0 Å². The van der Waals surface area contributed by atoms with Gasteiger partial charge in [-0.05, 0) is 30.5 Å². The van der Waals surface area contributed by atoms with Crippen molar-refractivity contribution in [1.82, 2.24) is 0 Å². The van der Waals surface area contributed by atoms with Gasteiger partial charge in [0.1, 0.15) is 6.04 Å². The highest BCUT2D eigenvalue weighted by Gasteiger charge is 2.11. The van der Waals surface area contributed by atoms with Gasteiger partial charge in [0.15, 0.2) is 0 Å². The average Bonchev–Trinajstić information content (AvgIpc) is 2.30. The Morgan fingerprint density at radius 2 is 2.29 bits per heavy atom. The number of nitrogens with one attached hydrogen (secondary N) is 1. The van der Waals surface area contributed by atoms with E-state index in [4.69, 9.17) is 22.4 Å². The Hall–Kier alpha value is -1.26. The van der Waals surface area contributed by atoms with Gasteiger partial charge in [0.25, 0.3) is 0 Å². The molecule has 0 aliphatic carbocycles. The molecular weight excluding hydrogens is 240 g/mol. The zero-order valence-corrected chi connectivity index (χ0v) is 10.3. The van der Waals surface area contributed by atoms with Crippen LogP contribution in [0.2, 0.25) is 0 Å². The number of alkyl halides is 1. The van der Waals surface area contributed by atoms with E-state index in [-0.39, 0.29) is 0 Å². The van der Waals surface area contributed by atoms with Gasteiger partial charge >= 0.3 is 5.97 Å². The quantitative estimate of drug-likeness (QED) is 0.513. The number of hydrogen-bond acceptors (Lipinski definition) is 3. The van der Waals surface area contributed by atoms with Gasteiger partial charge in [-0.3, -0.25) is 4.79 Å². The van der Waals surface area contributed by atoms with E-state index in [0.717, 1.165) is 24.2 Å². The molecular formula is C12H17ClN2O2. The standard InChI is InChI=1S/C12H17ClN2O2/c13-5-2-6-15-10-4-1-3-9(7-10)8-11(14)12(16)17/h1,3-4,7,11,15H,2,5-6,8,14H2,(H,16,17)/t11-/m0/s1. The van der Waals surface area contributed by atoms with Gasteiger partial charge < -0.3 is 16.2 Å². The van der Waals surface area contributed by atoms with E-state index < -0.39 is 12.0 Å². The average molecular weight is 257 g/mol. The van der Waals surface area contributed by atoms with Gasteiger partial charge in [0.2, 0.25) is 0 Å². The first kappa shape index (κ1) is 13.8. The summed E-state index contributed by atoms with van der Waals surface area (Å²) in [6, 6.07) is 6.75. The monoisotopic (exact) mass is 256 g/mol. The highest BCUT2D eigenvalue weighted by molar-refractivity contribution is 6.17. The molecule has 1 aromatic rings. The second-order valence-electron chi connectivity index (χ2n) is 3.82. The normalized spacial score (nSPS) is 12.1. The number of benzene rings is 1. The van der Waals surface area contributed by atoms with Crippen molar-refractivity contribution < 1.29 is 9.90 Å². The second kappa shape index (κ2) is 7.14. The zero-order chi connectivity index (χ0) is 12.7. The fourth-order valence-corrected chi connectivity index (χ4v) is 1.58. The molecule has 1 rings (SSSR count). The van der Waals surface area contributed by atoms with Crippen LogP contribution < -0.4 is 11.1 Å². The van der Waals surface area contributed by atoms with Gasteiger partial charge in [-0.15, -0.1) is 11.6 Å². The largest absolute Gasteiger partial charge is 0.480 e. The Bertz CT molecular complexity index is 371. The Morgan fingerprint density at radius 1 is 1.53 bits per heavy atom. The number of carboxylic acid groups (broad SMARTS) is 1. The van der Waals surface area contributed by atoms with E-state index in [0.29, 0.717) is 12.3 Å². The van der Waals surface area contributed by atoms with Gasteiger partial charge in [-0.1, -0.05) is 12.1 Å². The van der Waals surface area contributed by atoms with Crippen molar-refractivity contribution in [1.29, 1.82) is 0 Å². The summed E-state index contributed by atoms with van der Waals surface area (Å²) in [6.45, 7) is 0.804. The zero-order valence-electron chi connectivity index (χ0n) is 9.53. The maximum absolute atomic E-state index is 10.6. The highest BCUT2D eigenvalue weighted by Crippen LogP contribution is 2.12. The molecule has 94 valence electrons. The summed E-state index contributed by atoms with van der Waals surface area (Å²) in [6.07, 6.45) is 1.22. The fraction of sp³-hybridized carbons (Fsp3) is 0.417. The molecule has 0 saturated carbocycles. The Morgan fingerprint density at radius 3 is 2.94 bits per heavy atom. The van der Waals surface area contributed by atoms with Crippen LogP contribution in [-0.2, 0) is 11.2 Å². The molecule has 4 nitrogen and oxygen atoms in total. The van der Waals surface area contributed by atoms with E-state index in [1.165, 1.54) is 0 Å². The van der Waals surface area contributed by atoms with Gasteiger partial charge in [0.05, 0.1) is 0 Å². The molecule has 17 heavy (non-hydrogen) atoms. The lowest BCUT2D eigenvalue weighted by molar-refractivity contribution is -0.138. The molecule has 0 aliphatic heterocycles. The number of rotatable bonds is 7. The maximum Gasteiger partial charge on any atom is 0.320 e. The second-order valence-corrected chi connectivity index (χ2v) is 4.20. The molecule has 4 N–H and O–H groups in total. The number of halogens is 1. The molecule has 1 atom stereocenters. The van der Waals surface area contributed by atoms with Crippen LogP contribution in [-0.4, -0.2) is 29.5 Å². The summed E-state index contributed by atoms with van der Waals surface area (Å²) in [4.78, 5) is 10.6. The van der Waals surface area contributed by atoms with Crippen molar-refractivity contribution in [2.45, 2.75) is 18.9 Å². The third kappa shape index (κ3) is 5.06. The molecule has 0 aromatic heterocycles. The van der Waals surface area contributed by atoms with Crippen molar-refractivity contribution in [2.24, 2.45) is 5.73 Å². The third-order valence-electron chi connectivity index (χ3n) is 2.34. The molecule has 0 unspecified atom stereocenters. The molecule has 0 spiro atoms. The number of hydrogen-bond donors (Lipinski definition) is 3. The first-order chi connectivity index (χ1) is 8.13. The van der Waals surface area contributed by atoms with E-state index >= 15 is 0 Å². The van der Waals surface area contributed by atoms with Gasteiger partial charge in [0, 0.05) is 18.1 Å². The Labute approximate surface area is 106 Å². The molecule has 1 aromatic carbocycles. The minimum atomic E-state index is -0.981. The fourth-order valence-electron chi connectivity index (χ4n) is 1.45. The third-order valence-corrected chi connectivity index (χ3v) is 2.61. The Balaban J connectivity index is 2.56. The SMILES string of the molecule is N[C@@H](Cc1cccc(NCCCCl)c1)C(=O)O. The lowest BCUT2D eigenvalue weighted by Crippen LogP contribution is -2.32. The van der Waals surface area contributed by atoms with E-state index in [1.807, 2.05) is 24.3 Å². The molecule has 5 heteroatoms. The molecule has 0 fully saturated rings. The van der Waals surface area contributed by atoms with Gasteiger partial charge in [-0.2, -0.15) is 0 Å². The van der Waals surface area contributed by atoms with E-state index in [1.54, 1.807) is 0 Å². The van der Waals surface area contributed by atoms with Crippen molar-refractivity contribution in [3.63, 3.8) is 0 Å². The molecule has 0 heterocycles. The van der Waals surface area contributed by atoms with Crippen molar-refractivity contribution in [2.75, 3.05) is 17.7 Å².